The number of hydrogen-bond acceptors (Lipinski definition) is 5. The Labute approximate surface area is 136 Å². The molecule has 0 amide bonds. The van der Waals surface area contributed by atoms with Crippen molar-refractivity contribution in [3.63, 3.8) is 0 Å². The fraction of sp³-hybridized carbons (Fsp3) is 0. The molecular formula is C17H10N2O3S. The molecular weight excluding hydrogens is 312 g/mol. The molecule has 0 aliphatic heterocycles. The van der Waals surface area contributed by atoms with Crippen LogP contribution in [-0.2, 0) is 0 Å². The number of carbonyl (C=O) groups is 1. The van der Waals surface area contributed by atoms with Crippen molar-refractivity contribution in [1.82, 2.24) is 4.98 Å². The molecule has 1 aromatic heterocycles. The predicted octanol–water partition coefficient (Wildman–Crippen LogP) is 4.41. The molecule has 0 aliphatic rings. The zero-order valence-corrected chi connectivity index (χ0v) is 12.6. The lowest BCUT2D eigenvalue weighted by Crippen LogP contribution is -2.00. The molecule has 6 heteroatoms. The van der Waals surface area contributed by atoms with Crippen LogP contribution in [0.1, 0.15) is 5.56 Å². The maximum absolute atomic E-state index is 10.5. The van der Waals surface area contributed by atoms with Crippen molar-refractivity contribution in [2.45, 2.75) is 0 Å². The number of hydrogen-bond donors (Lipinski definition) is 1. The summed E-state index contributed by atoms with van der Waals surface area (Å²) >= 11 is 1.11. The smallest absolute Gasteiger partial charge is 0.449 e. The van der Waals surface area contributed by atoms with Gasteiger partial charge in [0, 0.05) is 5.56 Å². The van der Waals surface area contributed by atoms with E-state index in [9.17, 15) is 10.1 Å². The molecule has 112 valence electrons. The van der Waals surface area contributed by atoms with Crippen LogP contribution in [0.3, 0.4) is 0 Å². The van der Waals surface area contributed by atoms with Crippen LogP contribution in [0.25, 0.3) is 21.7 Å². The summed E-state index contributed by atoms with van der Waals surface area (Å²) in [5, 5.41) is 18.8. The Morgan fingerprint density at radius 3 is 2.65 bits per heavy atom. The molecule has 0 spiro atoms. The quantitative estimate of drug-likeness (QED) is 0.722. The molecule has 0 atom stereocenters. The van der Waals surface area contributed by atoms with Crippen molar-refractivity contribution in [2.75, 3.05) is 0 Å². The summed E-state index contributed by atoms with van der Waals surface area (Å²) in [7, 11) is 0. The van der Waals surface area contributed by atoms with E-state index in [1.165, 1.54) is 6.20 Å². The second kappa shape index (κ2) is 6.30. The summed E-state index contributed by atoms with van der Waals surface area (Å²) in [4.78, 5) is 14.7. The van der Waals surface area contributed by atoms with Gasteiger partial charge in [-0.15, -0.1) is 0 Å². The minimum absolute atomic E-state index is 0.193. The Morgan fingerprint density at radius 1 is 1.17 bits per heavy atom. The van der Waals surface area contributed by atoms with Gasteiger partial charge in [0.05, 0.1) is 17.8 Å². The van der Waals surface area contributed by atoms with Crippen molar-refractivity contribution < 1.29 is 14.6 Å². The summed E-state index contributed by atoms with van der Waals surface area (Å²) in [6, 6.07) is 17.3. The van der Waals surface area contributed by atoms with Crippen molar-refractivity contribution in [2.24, 2.45) is 0 Å². The first-order valence-corrected chi connectivity index (χ1v) is 7.45. The SMILES string of the molecule is N#Cc1cc(-c2ncc(OC(=O)O)s2)ccc1-c1ccccc1. The summed E-state index contributed by atoms with van der Waals surface area (Å²) < 4.78 is 4.57. The van der Waals surface area contributed by atoms with E-state index in [4.69, 9.17) is 5.11 Å². The summed E-state index contributed by atoms with van der Waals surface area (Å²) in [5.41, 5.74) is 3.08. The number of thiazole rings is 1. The minimum atomic E-state index is -1.38. The molecule has 0 fully saturated rings. The first-order valence-electron chi connectivity index (χ1n) is 6.64. The molecule has 3 rings (SSSR count). The van der Waals surface area contributed by atoms with Gasteiger partial charge in [-0.05, 0) is 17.2 Å². The van der Waals surface area contributed by atoms with Gasteiger partial charge in [0.25, 0.3) is 0 Å². The van der Waals surface area contributed by atoms with Gasteiger partial charge >= 0.3 is 6.16 Å². The van der Waals surface area contributed by atoms with Gasteiger partial charge in [-0.2, -0.15) is 5.26 Å². The molecule has 0 saturated carbocycles. The Morgan fingerprint density at radius 2 is 1.96 bits per heavy atom. The second-order valence-electron chi connectivity index (χ2n) is 4.59. The number of ether oxygens (including phenoxy) is 1. The molecule has 0 bridgehead atoms. The molecule has 0 aliphatic carbocycles. The molecule has 2 aromatic carbocycles. The molecule has 0 radical (unpaired) electrons. The zero-order chi connectivity index (χ0) is 16.2. The van der Waals surface area contributed by atoms with Gasteiger partial charge in [0.15, 0.2) is 0 Å². The van der Waals surface area contributed by atoms with Gasteiger partial charge < -0.3 is 9.84 Å². The van der Waals surface area contributed by atoms with Gasteiger partial charge in [0.1, 0.15) is 5.01 Å². The van der Waals surface area contributed by atoms with Crippen LogP contribution in [0.4, 0.5) is 4.79 Å². The maximum Gasteiger partial charge on any atom is 0.512 e. The molecule has 0 saturated heterocycles. The number of benzene rings is 2. The topological polar surface area (TPSA) is 83.2 Å². The Hall–Kier alpha value is -3.17. The van der Waals surface area contributed by atoms with E-state index >= 15 is 0 Å². The van der Waals surface area contributed by atoms with Crippen LogP contribution in [0.2, 0.25) is 0 Å². The standard InChI is InChI=1S/C17H10N2O3S/c18-9-13-8-12(16-19-10-15(23-16)22-17(20)21)6-7-14(13)11-4-2-1-3-5-11/h1-8,10H,(H,20,21). The van der Waals surface area contributed by atoms with Crippen LogP contribution in [0.15, 0.2) is 54.7 Å². The average molecular weight is 322 g/mol. The molecule has 0 unspecified atom stereocenters. The Bertz CT molecular complexity index is 898. The highest BCUT2D eigenvalue weighted by atomic mass is 32.1. The Kier molecular flexibility index (Phi) is 4.04. The normalized spacial score (nSPS) is 10.0. The molecule has 3 aromatic rings. The van der Waals surface area contributed by atoms with E-state index in [2.05, 4.69) is 15.8 Å². The third-order valence-electron chi connectivity index (χ3n) is 3.14. The van der Waals surface area contributed by atoms with Gasteiger partial charge in [-0.3, -0.25) is 0 Å². The van der Waals surface area contributed by atoms with Crippen LogP contribution in [0, 0.1) is 11.3 Å². The first-order chi connectivity index (χ1) is 11.2. The van der Waals surface area contributed by atoms with Crippen LogP contribution in [0.5, 0.6) is 5.06 Å². The Balaban J connectivity index is 1.98. The fourth-order valence-corrected chi connectivity index (χ4v) is 2.92. The van der Waals surface area contributed by atoms with E-state index in [-0.39, 0.29) is 5.06 Å². The monoisotopic (exact) mass is 322 g/mol. The second-order valence-corrected chi connectivity index (χ2v) is 5.58. The number of nitrogens with zero attached hydrogens (tertiary/aromatic N) is 2. The van der Waals surface area contributed by atoms with Crippen LogP contribution >= 0.6 is 11.3 Å². The summed E-state index contributed by atoms with van der Waals surface area (Å²) in [6.07, 6.45) is -0.0250. The summed E-state index contributed by atoms with van der Waals surface area (Å²) in [6.45, 7) is 0. The first kappa shape index (κ1) is 14.8. The van der Waals surface area contributed by atoms with E-state index in [0.717, 1.165) is 28.0 Å². The van der Waals surface area contributed by atoms with Crippen LogP contribution in [-0.4, -0.2) is 16.2 Å². The highest BCUT2D eigenvalue weighted by Gasteiger charge is 2.11. The van der Waals surface area contributed by atoms with E-state index in [1.54, 1.807) is 6.07 Å². The van der Waals surface area contributed by atoms with Crippen molar-refractivity contribution in [1.29, 1.82) is 5.26 Å². The van der Waals surface area contributed by atoms with E-state index < -0.39 is 6.16 Å². The van der Waals surface area contributed by atoms with Crippen LogP contribution < -0.4 is 4.74 Å². The van der Waals surface area contributed by atoms with Gasteiger partial charge in [0.2, 0.25) is 5.06 Å². The molecule has 1 heterocycles. The van der Waals surface area contributed by atoms with E-state index in [0.29, 0.717) is 10.6 Å². The number of carboxylic acid groups (broad SMARTS) is 1. The maximum atomic E-state index is 10.5. The number of aromatic nitrogens is 1. The number of nitriles is 1. The lowest BCUT2D eigenvalue weighted by atomic mass is 9.98. The predicted molar refractivity (Wildman–Crippen MR) is 86.4 cm³/mol. The molecule has 5 nitrogen and oxygen atoms in total. The average Bonchev–Trinajstić information content (AvgIpc) is 3.02. The van der Waals surface area contributed by atoms with Gasteiger partial charge in [-0.25, -0.2) is 9.78 Å². The van der Waals surface area contributed by atoms with Crippen molar-refractivity contribution in [3.8, 4) is 32.8 Å². The minimum Gasteiger partial charge on any atom is -0.449 e. The van der Waals surface area contributed by atoms with Crippen molar-refractivity contribution in [3.05, 3.63) is 60.3 Å². The lowest BCUT2D eigenvalue weighted by molar-refractivity contribution is 0.146. The fourth-order valence-electron chi connectivity index (χ4n) is 2.17. The third-order valence-corrected chi connectivity index (χ3v) is 4.07. The van der Waals surface area contributed by atoms with Gasteiger partial charge in [-0.1, -0.05) is 53.8 Å². The highest BCUT2D eigenvalue weighted by Crippen LogP contribution is 2.33. The van der Waals surface area contributed by atoms with E-state index in [1.807, 2.05) is 42.5 Å². The summed E-state index contributed by atoms with van der Waals surface area (Å²) in [5.74, 6) is 0. The third kappa shape index (κ3) is 3.20. The molecule has 1 N–H and O–H groups in total. The largest absolute Gasteiger partial charge is 0.512 e. The van der Waals surface area contributed by atoms with Crippen molar-refractivity contribution >= 4 is 17.5 Å². The highest BCUT2D eigenvalue weighted by molar-refractivity contribution is 7.16. The zero-order valence-electron chi connectivity index (χ0n) is 11.8. The lowest BCUT2D eigenvalue weighted by Gasteiger charge is -2.05. The molecule has 23 heavy (non-hydrogen) atoms. The number of rotatable bonds is 3.